The smallest absolute Gasteiger partial charge is 0.338 e. The third kappa shape index (κ3) is 7.72. The Labute approximate surface area is 258 Å². The average Bonchev–Trinajstić information content (AvgIpc) is 3.80. The average molecular weight is 601 g/mol. The number of Topliss-reactive ketones (excluding diaryl/α,β-unsaturated/α-hetero) is 1. The number of hydrogen-bond acceptors (Lipinski definition) is 5. The molecule has 0 heterocycles. The zero-order chi connectivity index (χ0) is 31.2. The standard InChI is InChI=1S/C37H48O5Si/c1-26(22-23-34(38)27(2)35(39)28(3)42-36(40)29-16-10-7-11-17-29)33-24-30(33)25-41-43(37(4,5)6,31-18-12-8-13-19-31)32-20-14-9-15-21-32/h7-21,26-28,30,33-34,38H,22-25H2,1-6H3/t26-,27-,28+,30-,33+,34-/m0/s1. The van der Waals surface area contributed by atoms with Crippen LogP contribution in [-0.4, -0.2) is 44.0 Å². The minimum atomic E-state index is -2.56. The Morgan fingerprint density at radius 1 is 0.837 bits per heavy atom. The van der Waals surface area contributed by atoms with Crippen LogP contribution in [0.25, 0.3) is 0 Å². The van der Waals surface area contributed by atoms with E-state index in [2.05, 4.69) is 88.4 Å². The molecule has 5 nitrogen and oxygen atoms in total. The molecule has 0 unspecified atom stereocenters. The Bertz CT molecular complexity index is 1280. The number of esters is 1. The van der Waals surface area contributed by atoms with Crippen molar-refractivity contribution in [1.82, 2.24) is 0 Å². The molecule has 0 saturated heterocycles. The van der Waals surface area contributed by atoms with Crippen LogP contribution in [-0.2, 0) is 14.0 Å². The van der Waals surface area contributed by atoms with Crippen molar-refractivity contribution in [1.29, 1.82) is 0 Å². The lowest BCUT2D eigenvalue weighted by atomic mass is 9.89. The fraction of sp³-hybridized carbons (Fsp3) is 0.459. The van der Waals surface area contributed by atoms with Crippen LogP contribution in [0.3, 0.4) is 0 Å². The first-order chi connectivity index (χ1) is 20.5. The molecule has 3 aromatic carbocycles. The van der Waals surface area contributed by atoms with Gasteiger partial charge in [0.15, 0.2) is 11.9 Å². The molecule has 0 radical (unpaired) electrons. The van der Waals surface area contributed by atoms with Crippen LogP contribution in [0.15, 0.2) is 91.0 Å². The Balaban J connectivity index is 1.31. The molecule has 0 amide bonds. The first kappa shape index (κ1) is 32.8. The fourth-order valence-corrected chi connectivity index (χ4v) is 11.1. The lowest BCUT2D eigenvalue weighted by Gasteiger charge is -2.43. The maximum absolute atomic E-state index is 12.9. The van der Waals surface area contributed by atoms with Crippen molar-refractivity contribution in [3.63, 3.8) is 0 Å². The van der Waals surface area contributed by atoms with Gasteiger partial charge in [-0.1, -0.05) is 113 Å². The van der Waals surface area contributed by atoms with Gasteiger partial charge in [-0.3, -0.25) is 4.79 Å². The van der Waals surface area contributed by atoms with Crippen molar-refractivity contribution in [3.8, 4) is 0 Å². The van der Waals surface area contributed by atoms with Crippen LogP contribution in [0.2, 0.25) is 5.04 Å². The minimum Gasteiger partial charge on any atom is -0.451 e. The molecule has 0 bridgehead atoms. The summed E-state index contributed by atoms with van der Waals surface area (Å²) in [5.74, 6) is 0.0500. The van der Waals surface area contributed by atoms with E-state index in [1.54, 1.807) is 38.1 Å². The zero-order valence-corrected chi connectivity index (χ0v) is 27.5. The van der Waals surface area contributed by atoms with Gasteiger partial charge in [0, 0.05) is 12.5 Å². The van der Waals surface area contributed by atoms with E-state index in [0.29, 0.717) is 29.7 Å². The van der Waals surface area contributed by atoms with Crippen molar-refractivity contribution in [3.05, 3.63) is 96.6 Å². The number of rotatable bonds is 14. The Morgan fingerprint density at radius 3 is 1.86 bits per heavy atom. The molecule has 1 saturated carbocycles. The largest absolute Gasteiger partial charge is 0.451 e. The normalized spacial score (nSPS) is 19.6. The Hall–Kier alpha value is -3.06. The Morgan fingerprint density at radius 2 is 1.35 bits per heavy atom. The molecule has 230 valence electrons. The quantitative estimate of drug-likeness (QED) is 0.171. The highest BCUT2D eigenvalue weighted by molar-refractivity contribution is 6.99. The van der Waals surface area contributed by atoms with Gasteiger partial charge in [-0.25, -0.2) is 4.79 Å². The molecule has 1 fully saturated rings. The first-order valence-electron chi connectivity index (χ1n) is 15.7. The van der Waals surface area contributed by atoms with E-state index < -0.39 is 32.4 Å². The third-order valence-electron chi connectivity index (χ3n) is 9.28. The van der Waals surface area contributed by atoms with Gasteiger partial charge in [0.2, 0.25) is 0 Å². The van der Waals surface area contributed by atoms with E-state index in [1.807, 2.05) is 6.07 Å². The first-order valence-corrected chi connectivity index (χ1v) is 17.6. The summed E-state index contributed by atoms with van der Waals surface area (Å²) in [4.78, 5) is 25.3. The lowest BCUT2D eigenvalue weighted by Crippen LogP contribution is -2.66. The van der Waals surface area contributed by atoms with Crippen molar-refractivity contribution in [2.24, 2.45) is 23.7 Å². The maximum atomic E-state index is 12.9. The van der Waals surface area contributed by atoms with Crippen LogP contribution in [0.4, 0.5) is 0 Å². The highest BCUT2D eigenvalue weighted by Crippen LogP contribution is 2.47. The number of benzene rings is 3. The highest BCUT2D eigenvalue weighted by atomic mass is 28.4. The van der Waals surface area contributed by atoms with Crippen LogP contribution >= 0.6 is 0 Å². The van der Waals surface area contributed by atoms with Crippen molar-refractivity contribution in [2.45, 2.75) is 78.1 Å². The van der Waals surface area contributed by atoms with Gasteiger partial charge in [-0.15, -0.1) is 0 Å². The molecular formula is C37H48O5Si. The SMILES string of the molecule is C[C@H](C(=O)[C@@H](C)OC(=O)c1ccccc1)[C@@H](O)CC[C@H](C)[C@H]1C[C@H]1CO[Si](c1ccccc1)(c1ccccc1)C(C)(C)C. The molecule has 6 atom stereocenters. The van der Waals surface area contributed by atoms with Crippen molar-refractivity contribution >= 4 is 30.4 Å². The predicted octanol–water partition coefficient (Wildman–Crippen LogP) is 6.43. The molecule has 1 aliphatic carbocycles. The van der Waals surface area contributed by atoms with Crippen LogP contribution < -0.4 is 10.4 Å². The number of aliphatic hydroxyl groups excluding tert-OH is 1. The van der Waals surface area contributed by atoms with E-state index in [-0.39, 0.29) is 10.8 Å². The minimum absolute atomic E-state index is 0.0505. The van der Waals surface area contributed by atoms with Gasteiger partial charge in [0.25, 0.3) is 8.32 Å². The maximum Gasteiger partial charge on any atom is 0.338 e. The molecule has 1 aliphatic rings. The summed E-state index contributed by atoms with van der Waals surface area (Å²) in [6, 6.07) is 30.1. The molecule has 4 rings (SSSR count). The van der Waals surface area contributed by atoms with Gasteiger partial charge in [0.05, 0.1) is 11.7 Å². The second kappa shape index (κ2) is 14.1. The number of hydrogen-bond donors (Lipinski definition) is 1. The third-order valence-corrected chi connectivity index (χ3v) is 14.3. The fourth-order valence-electron chi connectivity index (χ4n) is 6.47. The van der Waals surface area contributed by atoms with Gasteiger partial charge in [-0.05, 0) is 71.5 Å². The number of ether oxygens (including phenoxy) is 1. The second-order valence-electron chi connectivity index (χ2n) is 13.4. The molecule has 0 aliphatic heterocycles. The van der Waals surface area contributed by atoms with E-state index in [4.69, 9.17) is 9.16 Å². The summed E-state index contributed by atoms with van der Waals surface area (Å²) in [5, 5.41) is 13.4. The Kier molecular flexibility index (Phi) is 10.8. The number of ketones is 1. The van der Waals surface area contributed by atoms with Crippen molar-refractivity contribution in [2.75, 3.05) is 6.61 Å². The van der Waals surface area contributed by atoms with Gasteiger partial charge < -0.3 is 14.3 Å². The van der Waals surface area contributed by atoms with E-state index in [1.165, 1.54) is 10.4 Å². The number of aliphatic hydroxyl groups is 1. The monoisotopic (exact) mass is 600 g/mol. The van der Waals surface area contributed by atoms with E-state index in [0.717, 1.165) is 19.4 Å². The molecule has 6 heteroatoms. The van der Waals surface area contributed by atoms with Crippen molar-refractivity contribution < 1.29 is 23.9 Å². The number of carbonyl (C=O) groups excluding carboxylic acids is 2. The summed E-state index contributed by atoms with van der Waals surface area (Å²) in [5.41, 5.74) is 0.405. The zero-order valence-electron chi connectivity index (χ0n) is 26.5. The molecule has 0 aromatic heterocycles. The lowest BCUT2D eigenvalue weighted by molar-refractivity contribution is -0.134. The summed E-state index contributed by atoms with van der Waals surface area (Å²) < 4.78 is 12.5. The predicted molar refractivity (Wildman–Crippen MR) is 175 cm³/mol. The van der Waals surface area contributed by atoms with E-state index in [9.17, 15) is 14.7 Å². The molecule has 0 spiro atoms. The molecule has 3 aromatic rings. The van der Waals surface area contributed by atoms with Crippen LogP contribution in [0.1, 0.15) is 71.2 Å². The summed E-state index contributed by atoms with van der Waals surface area (Å²) in [7, 11) is -2.56. The summed E-state index contributed by atoms with van der Waals surface area (Å²) in [6.07, 6.45) is 0.791. The van der Waals surface area contributed by atoms with Gasteiger partial charge >= 0.3 is 5.97 Å². The van der Waals surface area contributed by atoms with E-state index >= 15 is 0 Å². The topological polar surface area (TPSA) is 72.8 Å². The molecular weight excluding hydrogens is 552 g/mol. The van der Waals surface area contributed by atoms with Gasteiger partial charge in [0.1, 0.15) is 0 Å². The van der Waals surface area contributed by atoms with Gasteiger partial charge in [-0.2, -0.15) is 0 Å². The molecule has 1 N–H and O–H groups in total. The highest BCUT2D eigenvalue weighted by Gasteiger charge is 2.52. The van der Waals surface area contributed by atoms with Crippen LogP contribution in [0, 0.1) is 23.7 Å². The summed E-state index contributed by atoms with van der Waals surface area (Å²) >= 11 is 0. The molecule has 43 heavy (non-hydrogen) atoms. The second-order valence-corrected chi connectivity index (χ2v) is 17.7. The van der Waals surface area contributed by atoms with Crippen LogP contribution in [0.5, 0.6) is 0 Å². The number of carbonyl (C=O) groups is 2. The summed E-state index contributed by atoms with van der Waals surface area (Å²) in [6.45, 7) is 13.2.